The van der Waals surface area contributed by atoms with Crippen molar-refractivity contribution in [2.24, 2.45) is 0 Å². The second-order valence-electron chi connectivity index (χ2n) is 4.52. The van der Waals surface area contributed by atoms with Crippen LogP contribution < -0.4 is 4.74 Å². The lowest BCUT2D eigenvalue weighted by atomic mass is 9.94. The molecule has 2 heterocycles. The van der Waals surface area contributed by atoms with Crippen LogP contribution in [0, 0.1) is 6.92 Å². The number of hydrogen-bond donors (Lipinski definition) is 0. The Morgan fingerprint density at radius 3 is 2.94 bits per heavy atom. The quantitative estimate of drug-likeness (QED) is 0.760. The van der Waals surface area contributed by atoms with E-state index in [2.05, 4.69) is 28.0 Å². The molecular weight excluding hydrogens is 202 g/mol. The lowest BCUT2D eigenvalue weighted by Gasteiger charge is -2.29. The van der Waals surface area contributed by atoms with Crippen LogP contribution in [0.4, 0.5) is 0 Å². The van der Waals surface area contributed by atoms with Gasteiger partial charge in [-0.3, -0.25) is 0 Å². The van der Waals surface area contributed by atoms with Crippen LogP contribution in [0.3, 0.4) is 0 Å². The number of rotatable bonds is 2. The molecular formula is C12H19N3O. The summed E-state index contributed by atoms with van der Waals surface area (Å²) in [6.07, 6.45) is 2.45. The topological polar surface area (TPSA) is 38.2 Å². The van der Waals surface area contributed by atoms with E-state index >= 15 is 0 Å². The van der Waals surface area contributed by atoms with E-state index in [4.69, 9.17) is 4.74 Å². The van der Waals surface area contributed by atoms with Crippen LogP contribution in [0.1, 0.15) is 30.1 Å². The van der Waals surface area contributed by atoms with Crippen LogP contribution in [0.15, 0.2) is 6.07 Å². The smallest absolute Gasteiger partial charge is 0.316 e. The molecule has 4 nitrogen and oxygen atoms in total. The highest BCUT2D eigenvalue weighted by atomic mass is 16.5. The van der Waals surface area contributed by atoms with Crippen molar-refractivity contribution in [2.75, 3.05) is 27.2 Å². The number of nitrogens with zero attached hydrogens (tertiary/aromatic N) is 3. The average Bonchev–Trinajstić information content (AvgIpc) is 2.28. The van der Waals surface area contributed by atoms with Gasteiger partial charge in [0, 0.05) is 18.2 Å². The first-order chi connectivity index (χ1) is 7.69. The standard InChI is InChI=1S/C12H19N3O/c1-9-7-11(14-12(13-9)16-3)10-5-4-6-15(2)8-10/h7,10H,4-6,8H2,1-3H3. The highest BCUT2D eigenvalue weighted by Gasteiger charge is 2.21. The Morgan fingerprint density at radius 1 is 1.44 bits per heavy atom. The number of hydrogen-bond acceptors (Lipinski definition) is 4. The van der Waals surface area contributed by atoms with Gasteiger partial charge in [0.15, 0.2) is 0 Å². The van der Waals surface area contributed by atoms with Gasteiger partial charge in [0.25, 0.3) is 0 Å². The molecule has 4 heteroatoms. The number of likely N-dealkylation sites (tertiary alicyclic amines) is 1. The molecule has 0 aromatic carbocycles. The summed E-state index contributed by atoms with van der Waals surface area (Å²) in [5.41, 5.74) is 2.10. The Morgan fingerprint density at radius 2 is 2.25 bits per heavy atom. The largest absolute Gasteiger partial charge is 0.467 e. The zero-order valence-corrected chi connectivity index (χ0v) is 10.2. The van der Waals surface area contributed by atoms with E-state index < -0.39 is 0 Å². The van der Waals surface area contributed by atoms with Gasteiger partial charge >= 0.3 is 6.01 Å². The third kappa shape index (κ3) is 2.50. The van der Waals surface area contributed by atoms with Crippen molar-refractivity contribution in [3.63, 3.8) is 0 Å². The van der Waals surface area contributed by atoms with Crippen molar-refractivity contribution in [2.45, 2.75) is 25.7 Å². The molecule has 1 saturated heterocycles. The SMILES string of the molecule is COc1nc(C)cc(C2CCCN(C)C2)n1. The molecule has 0 spiro atoms. The summed E-state index contributed by atoms with van der Waals surface area (Å²) in [4.78, 5) is 11.0. The Labute approximate surface area is 96.7 Å². The molecule has 0 amide bonds. The summed E-state index contributed by atoms with van der Waals surface area (Å²) in [7, 11) is 3.78. The minimum Gasteiger partial charge on any atom is -0.467 e. The van der Waals surface area contributed by atoms with Gasteiger partial charge in [-0.15, -0.1) is 0 Å². The van der Waals surface area contributed by atoms with Gasteiger partial charge in [0.1, 0.15) is 0 Å². The third-order valence-electron chi connectivity index (χ3n) is 3.08. The van der Waals surface area contributed by atoms with Crippen molar-refractivity contribution in [3.8, 4) is 6.01 Å². The first-order valence-electron chi connectivity index (χ1n) is 5.77. The van der Waals surface area contributed by atoms with Gasteiger partial charge in [0.05, 0.1) is 12.8 Å². The molecule has 1 aliphatic heterocycles. The van der Waals surface area contributed by atoms with E-state index in [0.717, 1.165) is 17.9 Å². The van der Waals surface area contributed by atoms with E-state index in [1.807, 2.05) is 6.92 Å². The number of ether oxygens (including phenoxy) is 1. The first-order valence-corrected chi connectivity index (χ1v) is 5.77. The van der Waals surface area contributed by atoms with Crippen LogP contribution in [-0.2, 0) is 0 Å². The Balaban J connectivity index is 2.21. The maximum atomic E-state index is 5.12. The number of piperidine rings is 1. The molecule has 0 saturated carbocycles. The number of methoxy groups -OCH3 is 1. The Kier molecular flexibility index (Phi) is 3.39. The molecule has 0 bridgehead atoms. The second kappa shape index (κ2) is 4.78. The average molecular weight is 221 g/mol. The van der Waals surface area contributed by atoms with Crippen LogP contribution in [-0.4, -0.2) is 42.1 Å². The predicted molar refractivity (Wildman–Crippen MR) is 62.8 cm³/mol. The fraction of sp³-hybridized carbons (Fsp3) is 0.667. The Bertz CT molecular complexity index is 367. The van der Waals surface area contributed by atoms with Gasteiger partial charge in [-0.1, -0.05) is 0 Å². The number of aromatic nitrogens is 2. The van der Waals surface area contributed by atoms with Gasteiger partial charge < -0.3 is 9.64 Å². The molecule has 0 radical (unpaired) electrons. The third-order valence-corrected chi connectivity index (χ3v) is 3.08. The van der Waals surface area contributed by atoms with Crippen molar-refractivity contribution >= 4 is 0 Å². The number of likely N-dealkylation sites (N-methyl/N-ethyl adjacent to an activating group) is 1. The van der Waals surface area contributed by atoms with Gasteiger partial charge in [0.2, 0.25) is 0 Å². The molecule has 2 rings (SSSR count). The summed E-state index contributed by atoms with van der Waals surface area (Å²) >= 11 is 0. The van der Waals surface area contributed by atoms with E-state index in [0.29, 0.717) is 11.9 Å². The minimum atomic E-state index is 0.489. The fourth-order valence-corrected chi connectivity index (χ4v) is 2.27. The maximum absolute atomic E-state index is 5.12. The summed E-state index contributed by atoms with van der Waals surface area (Å²) < 4.78 is 5.12. The number of aryl methyl sites for hydroxylation is 1. The zero-order valence-electron chi connectivity index (χ0n) is 10.2. The summed E-state index contributed by atoms with van der Waals surface area (Å²) in [5, 5.41) is 0. The van der Waals surface area contributed by atoms with E-state index in [9.17, 15) is 0 Å². The van der Waals surface area contributed by atoms with Gasteiger partial charge in [-0.2, -0.15) is 4.98 Å². The fourth-order valence-electron chi connectivity index (χ4n) is 2.27. The van der Waals surface area contributed by atoms with E-state index in [1.54, 1.807) is 7.11 Å². The van der Waals surface area contributed by atoms with Crippen molar-refractivity contribution < 1.29 is 4.74 Å². The second-order valence-corrected chi connectivity index (χ2v) is 4.52. The van der Waals surface area contributed by atoms with Crippen LogP contribution >= 0.6 is 0 Å². The summed E-state index contributed by atoms with van der Waals surface area (Å²) in [5.74, 6) is 0.523. The highest BCUT2D eigenvalue weighted by molar-refractivity contribution is 5.17. The van der Waals surface area contributed by atoms with E-state index in [1.165, 1.54) is 19.4 Å². The monoisotopic (exact) mass is 221 g/mol. The molecule has 1 aromatic rings. The van der Waals surface area contributed by atoms with Crippen molar-refractivity contribution in [1.29, 1.82) is 0 Å². The molecule has 1 atom stereocenters. The highest BCUT2D eigenvalue weighted by Crippen LogP contribution is 2.25. The maximum Gasteiger partial charge on any atom is 0.316 e. The lowest BCUT2D eigenvalue weighted by molar-refractivity contribution is 0.247. The zero-order chi connectivity index (χ0) is 11.5. The lowest BCUT2D eigenvalue weighted by Crippen LogP contribution is -2.31. The van der Waals surface area contributed by atoms with Gasteiger partial charge in [-0.05, 0) is 39.4 Å². The normalized spacial score (nSPS) is 22.1. The predicted octanol–water partition coefficient (Wildman–Crippen LogP) is 1.60. The van der Waals surface area contributed by atoms with Crippen LogP contribution in [0.5, 0.6) is 6.01 Å². The van der Waals surface area contributed by atoms with Crippen LogP contribution in [0.2, 0.25) is 0 Å². The molecule has 0 aliphatic carbocycles. The molecule has 1 fully saturated rings. The van der Waals surface area contributed by atoms with Crippen molar-refractivity contribution in [1.82, 2.24) is 14.9 Å². The Hall–Kier alpha value is -1.16. The summed E-state index contributed by atoms with van der Waals surface area (Å²) in [6, 6.07) is 2.56. The van der Waals surface area contributed by atoms with Crippen molar-refractivity contribution in [3.05, 3.63) is 17.5 Å². The summed E-state index contributed by atoms with van der Waals surface area (Å²) in [6.45, 7) is 4.26. The molecule has 88 valence electrons. The first kappa shape index (κ1) is 11.3. The molecule has 0 N–H and O–H groups in total. The molecule has 1 unspecified atom stereocenters. The minimum absolute atomic E-state index is 0.489. The van der Waals surface area contributed by atoms with E-state index in [-0.39, 0.29) is 0 Å². The van der Waals surface area contributed by atoms with Gasteiger partial charge in [-0.25, -0.2) is 4.98 Å². The molecule has 1 aliphatic rings. The molecule has 16 heavy (non-hydrogen) atoms. The van der Waals surface area contributed by atoms with Crippen LogP contribution in [0.25, 0.3) is 0 Å². The molecule has 1 aromatic heterocycles.